The van der Waals surface area contributed by atoms with Gasteiger partial charge in [0.2, 0.25) is 0 Å². The number of nitrogens with zero attached hydrogens (tertiary/aromatic N) is 1. The molecule has 1 aromatic carbocycles. The van der Waals surface area contributed by atoms with Gasteiger partial charge in [-0.15, -0.1) is 11.6 Å². The Kier molecular flexibility index (Phi) is 4.62. The molecule has 0 spiro atoms. The number of rotatable bonds is 4. The smallest absolute Gasteiger partial charge is 0.360 e. The highest BCUT2D eigenvalue weighted by atomic mass is 35.5. The third kappa shape index (κ3) is 4.07. The first kappa shape index (κ1) is 14.1. The molecule has 0 aliphatic carbocycles. The van der Waals surface area contributed by atoms with E-state index >= 15 is 0 Å². The summed E-state index contributed by atoms with van der Waals surface area (Å²) in [5.41, 5.74) is 0.481. The first-order valence-electron chi connectivity index (χ1n) is 5.03. The van der Waals surface area contributed by atoms with Crippen molar-refractivity contribution in [1.82, 2.24) is 0 Å². The van der Waals surface area contributed by atoms with Crippen LogP contribution in [0.15, 0.2) is 18.2 Å². The van der Waals surface area contributed by atoms with Gasteiger partial charge < -0.3 is 4.90 Å². The zero-order valence-electron chi connectivity index (χ0n) is 9.19. The summed E-state index contributed by atoms with van der Waals surface area (Å²) in [6, 6.07) is 3.99. The first-order valence-corrected chi connectivity index (χ1v) is 5.57. The summed E-state index contributed by atoms with van der Waals surface area (Å²) in [6.07, 6.45) is -4.35. The van der Waals surface area contributed by atoms with E-state index in [2.05, 4.69) is 0 Å². The van der Waals surface area contributed by atoms with Gasteiger partial charge in [-0.1, -0.05) is 6.07 Å². The zero-order valence-corrected chi connectivity index (χ0v) is 9.95. The number of anilines is 1. The summed E-state index contributed by atoms with van der Waals surface area (Å²) in [4.78, 5) is 0.938. The van der Waals surface area contributed by atoms with E-state index in [0.717, 1.165) is 11.0 Å². The highest BCUT2D eigenvalue weighted by Gasteiger charge is 2.31. The largest absolute Gasteiger partial charge is 0.405 e. The van der Waals surface area contributed by atoms with Crippen LogP contribution in [0.1, 0.15) is 12.5 Å². The lowest BCUT2D eigenvalue weighted by molar-refractivity contribution is -0.119. The minimum Gasteiger partial charge on any atom is -0.360 e. The lowest BCUT2D eigenvalue weighted by Gasteiger charge is -2.24. The molecule has 1 aromatic rings. The molecule has 0 bridgehead atoms. The summed E-state index contributed by atoms with van der Waals surface area (Å²) < 4.78 is 50.4. The molecule has 0 saturated carbocycles. The summed E-state index contributed by atoms with van der Waals surface area (Å²) in [5.74, 6) is -0.558. The van der Waals surface area contributed by atoms with Gasteiger partial charge in [0, 0.05) is 12.4 Å². The molecule has 96 valence electrons. The molecule has 1 nitrogen and oxygen atoms in total. The Morgan fingerprint density at radius 3 is 2.35 bits per heavy atom. The van der Waals surface area contributed by atoms with Gasteiger partial charge in [0.05, 0.1) is 5.69 Å². The van der Waals surface area contributed by atoms with Gasteiger partial charge in [-0.3, -0.25) is 0 Å². The molecule has 0 heterocycles. The normalized spacial score (nSPS) is 11.6. The third-order valence-corrected chi connectivity index (χ3v) is 2.57. The summed E-state index contributed by atoms with van der Waals surface area (Å²) >= 11 is 5.51. The first-order chi connectivity index (χ1) is 7.87. The minimum absolute atomic E-state index is 0.0568. The number of alkyl halides is 4. The van der Waals surface area contributed by atoms with Gasteiger partial charge in [-0.2, -0.15) is 13.2 Å². The highest BCUT2D eigenvalue weighted by Crippen LogP contribution is 2.25. The molecule has 0 unspecified atom stereocenters. The fourth-order valence-electron chi connectivity index (χ4n) is 1.47. The van der Waals surface area contributed by atoms with Crippen LogP contribution in [-0.4, -0.2) is 19.3 Å². The SMILES string of the molecule is CCN(CC(F)(F)F)c1ccc(CCl)cc1F. The monoisotopic (exact) mass is 269 g/mol. The van der Waals surface area contributed by atoms with Crippen molar-refractivity contribution in [3.05, 3.63) is 29.6 Å². The van der Waals surface area contributed by atoms with Crippen LogP contribution in [0.2, 0.25) is 0 Å². The Balaban J connectivity index is 2.96. The molecule has 0 aromatic heterocycles. The fourth-order valence-corrected chi connectivity index (χ4v) is 1.64. The van der Waals surface area contributed by atoms with Crippen molar-refractivity contribution in [1.29, 1.82) is 0 Å². The highest BCUT2D eigenvalue weighted by molar-refractivity contribution is 6.17. The second kappa shape index (κ2) is 5.58. The van der Waals surface area contributed by atoms with Gasteiger partial charge in [0.1, 0.15) is 12.4 Å². The maximum atomic E-state index is 13.6. The number of benzene rings is 1. The van der Waals surface area contributed by atoms with Crippen molar-refractivity contribution >= 4 is 17.3 Å². The van der Waals surface area contributed by atoms with Crippen LogP contribution in [0.5, 0.6) is 0 Å². The summed E-state index contributed by atoms with van der Waals surface area (Å²) in [5, 5.41) is 0. The Bertz CT molecular complexity index is 378. The molecule has 0 radical (unpaired) electrons. The van der Waals surface area contributed by atoms with Gasteiger partial charge in [0.25, 0.3) is 0 Å². The van der Waals surface area contributed by atoms with Crippen LogP contribution in [0, 0.1) is 5.82 Å². The van der Waals surface area contributed by atoms with Crippen molar-refractivity contribution in [3.8, 4) is 0 Å². The van der Waals surface area contributed by atoms with E-state index < -0.39 is 18.5 Å². The Morgan fingerprint density at radius 2 is 1.94 bits per heavy atom. The van der Waals surface area contributed by atoms with Crippen LogP contribution in [0.3, 0.4) is 0 Å². The van der Waals surface area contributed by atoms with Gasteiger partial charge in [-0.25, -0.2) is 4.39 Å². The van der Waals surface area contributed by atoms with Crippen molar-refractivity contribution in [2.75, 3.05) is 18.0 Å². The summed E-state index contributed by atoms with van der Waals surface area (Å²) in [7, 11) is 0. The molecule has 0 aliphatic heterocycles. The molecule has 0 aliphatic rings. The standard InChI is InChI=1S/C11H12ClF4N/c1-2-17(7-11(14,15)16)10-4-3-8(6-12)5-9(10)13/h3-5H,2,6-7H2,1H3. The third-order valence-electron chi connectivity index (χ3n) is 2.26. The molecule has 6 heteroatoms. The van der Waals surface area contributed by atoms with Gasteiger partial charge in [0.15, 0.2) is 0 Å². The lowest BCUT2D eigenvalue weighted by Crippen LogP contribution is -2.34. The average Bonchev–Trinajstić information content (AvgIpc) is 2.24. The zero-order chi connectivity index (χ0) is 13.1. The molecule has 0 saturated heterocycles. The average molecular weight is 270 g/mol. The van der Waals surface area contributed by atoms with E-state index in [1.807, 2.05) is 0 Å². The molecule has 17 heavy (non-hydrogen) atoms. The number of hydrogen-bond donors (Lipinski definition) is 0. The van der Waals surface area contributed by atoms with Crippen LogP contribution in [0.25, 0.3) is 0 Å². The molecular weight excluding hydrogens is 258 g/mol. The van der Waals surface area contributed by atoms with E-state index in [0.29, 0.717) is 5.56 Å². The van der Waals surface area contributed by atoms with E-state index in [1.165, 1.54) is 12.1 Å². The van der Waals surface area contributed by atoms with Crippen molar-refractivity contribution in [3.63, 3.8) is 0 Å². The van der Waals surface area contributed by atoms with Crippen molar-refractivity contribution in [2.45, 2.75) is 19.0 Å². The second-order valence-corrected chi connectivity index (χ2v) is 3.82. The maximum Gasteiger partial charge on any atom is 0.405 e. The van der Waals surface area contributed by atoms with E-state index in [4.69, 9.17) is 11.6 Å². The predicted octanol–water partition coefficient (Wildman–Crippen LogP) is 3.95. The van der Waals surface area contributed by atoms with Crippen LogP contribution in [-0.2, 0) is 5.88 Å². The van der Waals surface area contributed by atoms with E-state index in [9.17, 15) is 17.6 Å². The quantitative estimate of drug-likeness (QED) is 0.591. The van der Waals surface area contributed by atoms with Crippen molar-refractivity contribution < 1.29 is 17.6 Å². The molecule has 0 amide bonds. The minimum atomic E-state index is -4.35. The van der Waals surface area contributed by atoms with Crippen LogP contribution in [0.4, 0.5) is 23.2 Å². The van der Waals surface area contributed by atoms with Gasteiger partial charge >= 0.3 is 6.18 Å². The number of hydrogen-bond acceptors (Lipinski definition) is 1. The van der Waals surface area contributed by atoms with E-state index in [1.54, 1.807) is 6.92 Å². The topological polar surface area (TPSA) is 3.24 Å². The molecule has 1 rings (SSSR count). The fraction of sp³-hybridized carbons (Fsp3) is 0.455. The Labute approximate surface area is 102 Å². The summed E-state index contributed by atoms with van der Waals surface area (Å²) in [6.45, 7) is 0.456. The predicted molar refractivity (Wildman–Crippen MR) is 59.9 cm³/mol. The lowest BCUT2D eigenvalue weighted by atomic mass is 10.2. The molecule has 0 atom stereocenters. The Hall–Kier alpha value is -0.970. The van der Waals surface area contributed by atoms with Crippen LogP contribution >= 0.6 is 11.6 Å². The van der Waals surface area contributed by atoms with E-state index in [-0.39, 0.29) is 18.1 Å². The maximum absolute atomic E-state index is 13.6. The van der Waals surface area contributed by atoms with Gasteiger partial charge in [-0.05, 0) is 24.6 Å². The molecule has 0 fully saturated rings. The Morgan fingerprint density at radius 1 is 1.29 bits per heavy atom. The number of halogens is 5. The second-order valence-electron chi connectivity index (χ2n) is 3.55. The van der Waals surface area contributed by atoms with Crippen molar-refractivity contribution in [2.24, 2.45) is 0 Å². The molecular formula is C11H12ClF4N. The van der Waals surface area contributed by atoms with Crippen LogP contribution < -0.4 is 4.90 Å². The molecule has 0 N–H and O–H groups in total.